The number of carbonyl (C=O) groups is 1. The molecule has 0 saturated heterocycles. The van der Waals surface area contributed by atoms with Crippen LogP contribution in [0.25, 0.3) is 0 Å². The first-order valence-corrected chi connectivity index (χ1v) is 4.33. The van der Waals surface area contributed by atoms with Gasteiger partial charge in [-0.1, -0.05) is 0 Å². The molecule has 1 unspecified atom stereocenters. The van der Waals surface area contributed by atoms with E-state index >= 15 is 0 Å². The summed E-state index contributed by atoms with van der Waals surface area (Å²) in [5, 5.41) is 10.7. The number of rotatable bonds is 2. The van der Waals surface area contributed by atoms with Crippen LogP contribution in [0, 0.1) is 5.41 Å². The van der Waals surface area contributed by atoms with Crippen LogP contribution in [0.15, 0.2) is 12.0 Å². The van der Waals surface area contributed by atoms with Crippen molar-refractivity contribution >= 4 is 18.6 Å². The number of nitrogens with one attached hydrogen (secondary N) is 1. The molecule has 0 bridgehead atoms. The molecule has 1 atom stereocenters. The fourth-order valence-electron chi connectivity index (χ4n) is 0.948. The number of aliphatic carboxylic acids is 1. The van der Waals surface area contributed by atoms with E-state index < -0.39 is 16.4 Å². The number of allylic oxidation sites excluding steroid dienone is 1. The summed E-state index contributed by atoms with van der Waals surface area (Å²) in [5.74, 6) is -0.960. The number of hydrogen-bond acceptors (Lipinski definition) is 4. The largest absolute Gasteiger partial charge is 0.481 e. The van der Waals surface area contributed by atoms with E-state index in [9.17, 15) is 4.79 Å². The quantitative estimate of drug-likeness (QED) is 0.589. The number of carboxylic acids is 1. The number of thiol groups is 1. The predicted octanol–water partition coefficient (Wildman–Crippen LogP) is 1.16. The first-order chi connectivity index (χ1) is 5.79. The molecule has 0 amide bonds. The van der Waals surface area contributed by atoms with Crippen LogP contribution in [-0.4, -0.2) is 16.1 Å². The van der Waals surface area contributed by atoms with Crippen molar-refractivity contribution in [1.29, 1.82) is 0 Å². The van der Waals surface area contributed by atoms with Crippen molar-refractivity contribution in [3.05, 3.63) is 12.0 Å². The predicted molar refractivity (Wildman–Crippen MR) is 51.1 cm³/mol. The molecule has 0 spiro atoms. The van der Waals surface area contributed by atoms with Gasteiger partial charge in [0.1, 0.15) is 11.7 Å². The van der Waals surface area contributed by atoms with Gasteiger partial charge in [-0.2, -0.15) is 0 Å². The van der Waals surface area contributed by atoms with Crippen molar-refractivity contribution in [2.75, 3.05) is 0 Å². The van der Waals surface area contributed by atoms with Crippen molar-refractivity contribution < 1.29 is 14.6 Å². The lowest BCUT2D eigenvalue weighted by Gasteiger charge is -2.36. The number of carboxylic acid groups (broad SMARTS) is 1. The Bertz CT molecular complexity index is 275. The Morgan fingerprint density at radius 1 is 1.77 bits per heavy atom. The van der Waals surface area contributed by atoms with Gasteiger partial charge >= 0.3 is 5.97 Å². The Labute approximate surface area is 82.4 Å². The molecule has 13 heavy (non-hydrogen) atoms. The molecule has 2 N–H and O–H groups in total. The topological polar surface area (TPSA) is 58.6 Å². The molecule has 74 valence electrons. The molecule has 0 fully saturated rings. The second-order valence-corrected chi connectivity index (χ2v) is 4.25. The minimum Gasteiger partial charge on any atom is -0.481 e. The summed E-state index contributed by atoms with van der Waals surface area (Å²) in [6.45, 7) is 4.90. The molecule has 0 aliphatic carbocycles. The van der Waals surface area contributed by atoms with Gasteiger partial charge in [0, 0.05) is 5.70 Å². The van der Waals surface area contributed by atoms with E-state index in [2.05, 4.69) is 17.9 Å². The monoisotopic (exact) mass is 203 g/mol. The maximum Gasteiger partial charge on any atom is 0.316 e. The summed E-state index contributed by atoms with van der Waals surface area (Å²) in [6, 6.07) is 0. The van der Waals surface area contributed by atoms with E-state index in [0.29, 0.717) is 0 Å². The van der Waals surface area contributed by atoms with Crippen molar-refractivity contribution in [2.24, 2.45) is 5.41 Å². The molecule has 0 aromatic rings. The van der Waals surface area contributed by atoms with Gasteiger partial charge in [-0.25, -0.2) is 0 Å². The van der Waals surface area contributed by atoms with E-state index in [-0.39, 0.29) is 0 Å². The van der Waals surface area contributed by atoms with Gasteiger partial charge in [0.15, 0.2) is 0 Å². The summed E-state index contributed by atoms with van der Waals surface area (Å²) < 4.78 is 5.19. The molecule has 5 heteroatoms. The van der Waals surface area contributed by atoms with Crippen LogP contribution in [-0.2, 0) is 9.53 Å². The Morgan fingerprint density at radius 2 is 2.31 bits per heavy atom. The van der Waals surface area contributed by atoms with Crippen LogP contribution < -0.4 is 5.32 Å². The molecule has 0 radical (unpaired) electrons. The second-order valence-electron chi connectivity index (χ2n) is 3.62. The maximum absolute atomic E-state index is 10.9. The lowest BCUT2D eigenvalue weighted by molar-refractivity contribution is -0.156. The number of ether oxygens (including phenoxy) is 1. The third kappa shape index (κ3) is 1.48. The third-order valence-electron chi connectivity index (χ3n) is 2.15. The molecular weight excluding hydrogens is 190 g/mol. The third-order valence-corrected chi connectivity index (χ3v) is 2.93. The van der Waals surface area contributed by atoms with Crippen LogP contribution in [0.5, 0.6) is 0 Å². The molecule has 1 aliphatic heterocycles. The molecule has 0 aromatic carbocycles. The Kier molecular flexibility index (Phi) is 2.23. The van der Waals surface area contributed by atoms with Crippen LogP contribution in [0.1, 0.15) is 20.8 Å². The van der Waals surface area contributed by atoms with Gasteiger partial charge in [-0.05, 0) is 20.8 Å². The van der Waals surface area contributed by atoms with Gasteiger partial charge in [0.25, 0.3) is 0 Å². The lowest BCUT2D eigenvalue weighted by atomic mass is 9.91. The first-order valence-electron chi connectivity index (χ1n) is 3.88. The van der Waals surface area contributed by atoms with Gasteiger partial charge in [-0.3, -0.25) is 4.79 Å². The minimum atomic E-state index is -1.16. The summed E-state index contributed by atoms with van der Waals surface area (Å²) in [6.07, 6.45) is 1.47. The minimum absolute atomic E-state index is 0.768. The highest BCUT2D eigenvalue weighted by Gasteiger charge is 2.52. The maximum atomic E-state index is 10.9. The van der Waals surface area contributed by atoms with E-state index in [1.165, 1.54) is 6.26 Å². The van der Waals surface area contributed by atoms with Crippen molar-refractivity contribution in [3.8, 4) is 0 Å². The molecule has 1 heterocycles. The summed E-state index contributed by atoms with van der Waals surface area (Å²) in [4.78, 5) is 10.9. The van der Waals surface area contributed by atoms with Gasteiger partial charge in [0.05, 0.1) is 0 Å². The van der Waals surface area contributed by atoms with E-state index in [1.807, 2.05) is 0 Å². The summed E-state index contributed by atoms with van der Waals surface area (Å²) in [5.41, 5.74) is -0.339. The summed E-state index contributed by atoms with van der Waals surface area (Å²) >= 11 is 4.19. The van der Waals surface area contributed by atoms with Gasteiger partial charge < -0.3 is 15.2 Å². The fraction of sp³-hybridized carbons (Fsp3) is 0.625. The smallest absolute Gasteiger partial charge is 0.316 e. The highest BCUT2D eigenvalue weighted by Crippen LogP contribution is 2.39. The highest BCUT2D eigenvalue weighted by molar-refractivity contribution is 7.81. The van der Waals surface area contributed by atoms with Crippen LogP contribution in [0.3, 0.4) is 0 Å². The first kappa shape index (κ1) is 10.2. The standard InChI is InChI=1S/C8H13NO3S/c1-5-4-12-8(13,9-5)7(2,3)6(10)11/h4,9,13H,1-3H3,(H,10,11). The second kappa shape index (κ2) is 2.83. The molecule has 4 nitrogen and oxygen atoms in total. The average Bonchev–Trinajstić information content (AvgIpc) is 2.32. The molecule has 1 aliphatic rings. The van der Waals surface area contributed by atoms with E-state index in [0.717, 1.165) is 5.70 Å². The van der Waals surface area contributed by atoms with Crippen molar-refractivity contribution in [3.63, 3.8) is 0 Å². The Morgan fingerprint density at radius 3 is 2.62 bits per heavy atom. The zero-order chi connectivity index (χ0) is 10.3. The van der Waals surface area contributed by atoms with E-state index in [1.54, 1.807) is 20.8 Å². The zero-order valence-electron chi connectivity index (χ0n) is 7.79. The molecule has 0 aromatic heterocycles. The molecular formula is C8H13NO3S. The van der Waals surface area contributed by atoms with Gasteiger partial charge in [-0.15, -0.1) is 12.6 Å². The zero-order valence-corrected chi connectivity index (χ0v) is 8.68. The van der Waals surface area contributed by atoms with Crippen LogP contribution in [0.4, 0.5) is 0 Å². The average molecular weight is 203 g/mol. The molecule has 1 rings (SSSR count). The van der Waals surface area contributed by atoms with Crippen LogP contribution >= 0.6 is 12.6 Å². The van der Waals surface area contributed by atoms with Crippen molar-refractivity contribution in [1.82, 2.24) is 5.32 Å². The normalized spacial score (nSPS) is 27.5. The highest BCUT2D eigenvalue weighted by atomic mass is 32.1. The Hall–Kier alpha value is -0.840. The summed E-state index contributed by atoms with van der Waals surface area (Å²) in [7, 11) is 0. The lowest BCUT2D eigenvalue weighted by Crippen LogP contribution is -2.53. The van der Waals surface area contributed by atoms with Crippen LogP contribution in [0.2, 0.25) is 0 Å². The van der Waals surface area contributed by atoms with Gasteiger partial charge in [0.2, 0.25) is 5.06 Å². The fourth-order valence-corrected chi connectivity index (χ4v) is 1.27. The van der Waals surface area contributed by atoms with E-state index in [4.69, 9.17) is 9.84 Å². The Balaban J connectivity index is 2.90. The SMILES string of the molecule is CC1=COC(S)(C(C)(C)C(=O)O)N1. The van der Waals surface area contributed by atoms with Crippen molar-refractivity contribution in [2.45, 2.75) is 25.8 Å². The number of hydrogen-bond donors (Lipinski definition) is 3. The molecule has 0 saturated carbocycles.